The predicted molar refractivity (Wildman–Crippen MR) is 125 cm³/mol. The van der Waals surface area contributed by atoms with Crippen molar-refractivity contribution in [3.63, 3.8) is 0 Å². The highest BCUT2D eigenvalue weighted by Crippen LogP contribution is 2.26. The van der Waals surface area contributed by atoms with Gasteiger partial charge in [-0.3, -0.25) is 9.59 Å². The van der Waals surface area contributed by atoms with Crippen LogP contribution in [0.2, 0.25) is 0 Å². The molecule has 0 aliphatic rings. The van der Waals surface area contributed by atoms with Crippen molar-refractivity contribution in [2.75, 3.05) is 14.2 Å². The molecule has 3 rings (SSSR count). The number of fused-ring (bicyclic) bond motifs is 1. The molecule has 9 heteroatoms. The van der Waals surface area contributed by atoms with Crippen LogP contribution in [-0.2, 0) is 22.7 Å². The quantitative estimate of drug-likeness (QED) is 0.399. The van der Waals surface area contributed by atoms with Gasteiger partial charge in [0.05, 0.1) is 19.9 Å². The smallest absolute Gasteiger partial charge is 0.269 e. The lowest BCUT2D eigenvalue weighted by Crippen LogP contribution is -2.33. The Balaban J connectivity index is 1.86. The minimum absolute atomic E-state index is 0.0684. The first-order valence-electron chi connectivity index (χ1n) is 9.61. The molecule has 0 saturated carbocycles. The summed E-state index contributed by atoms with van der Waals surface area (Å²) >= 11 is 3.40. The molecule has 0 bridgehead atoms. The lowest BCUT2D eigenvalue weighted by atomic mass is 10.0. The van der Waals surface area contributed by atoms with Gasteiger partial charge < -0.3 is 14.0 Å². The van der Waals surface area contributed by atoms with Gasteiger partial charge in [0.15, 0.2) is 0 Å². The molecule has 0 radical (unpaired) electrons. The van der Waals surface area contributed by atoms with Gasteiger partial charge in [0.1, 0.15) is 23.9 Å². The fourth-order valence-corrected chi connectivity index (χ4v) is 3.91. The number of hydrogen-bond acceptors (Lipinski definition) is 6. The van der Waals surface area contributed by atoms with E-state index in [9.17, 15) is 14.9 Å². The highest BCUT2D eigenvalue weighted by Gasteiger charge is 2.19. The molecule has 2 aromatic carbocycles. The van der Waals surface area contributed by atoms with Crippen LogP contribution < -0.4 is 15.7 Å². The van der Waals surface area contributed by atoms with E-state index in [0.29, 0.717) is 21.5 Å². The molecule has 0 aliphatic carbocycles. The molecule has 1 aromatic heterocycles. The zero-order valence-electron chi connectivity index (χ0n) is 17.8. The van der Waals surface area contributed by atoms with E-state index >= 15 is 0 Å². The summed E-state index contributed by atoms with van der Waals surface area (Å²) in [5, 5.41) is 15.4. The number of halogens is 1. The van der Waals surface area contributed by atoms with Crippen molar-refractivity contribution < 1.29 is 14.3 Å². The molecule has 32 heavy (non-hydrogen) atoms. The van der Waals surface area contributed by atoms with Crippen LogP contribution in [0.5, 0.6) is 5.75 Å². The number of methoxy groups -OCH3 is 2. The SMILES string of the molecule is COCc1c(Br)c(C)n(CC(=O)NN=Cc2c(OC)ccc3ccccc23)c(=O)c1C#N. The molecule has 1 amide bonds. The number of nitrogens with zero attached hydrogens (tertiary/aromatic N) is 3. The van der Waals surface area contributed by atoms with E-state index in [2.05, 4.69) is 26.5 Å². The standard InChI is InChI=1S/C23H21BrN4O4/c1-14-22(24)19(13-31-2)17(10-25)23(30)28(14)12-21(29)27-26-11-18-16-7-5-4-6-15(16)8-9-20(18)32-3/h4-9,11H,12-13H2,1-3H3,(H,27,29). The Labute approximate surface area is 193 Å². The second-order valence-corrected chi connectivity index (χ2v) is 7.68. The Kier molecular flexibility index (Phi) is 7.41. The molecule has 3 aromatic rings. The zero-order chi connectivity index (χ0) is 23.3. The number of pyridine rings is 1. The molecule has 1 heterocycles. The molecule has 164 valence electrons. The average molecular weight is 497 g/mol. The Morgan fingerprint density at radius 1 is 1.28 bits per heavy atom. The van der Waals surface area contributed by atoms with Crippen molar-refractivity contribution in [2.24, 2.45) is 5.10 Å². The van der Waals surface area contributed by atoms with Gasteiger partial charge in [-0.2, -0.15) is 10.4 Å². The fraction of sp³-hybridized carbons (Fsp3) is 0.217. The Bertz CT molecular complexity index is 1310. The van der Waals surface area contributed by atoms with Gasteiger partial charge in [0.25, 0.3) is 11.5 Å². The number of hydrogen-bond donors (Lipinski definition) is 1. The van der Waals surface area contributed by atoms with Crippen LogP contribution >= 0.6 is 15.9 Å². The summed E-state index contributed by atoms with van der Waals surface area (Å²) < 4.78 is 12.3. The van der Waals surface area contributed by atoms with Gasteiger partial charge in [-0.1, -0.05) is 30.3 Å². The molecule has 0 saturated heterocycles. The molecular formula is C23H21BrN4O4. The molecule has 0 unspecified atom stereocenters. The predicted octanol–water partition coefficient (Wildman–Crippen LogP) is 3.25. The maximum atomic E-state index is 12.8. The molecular weight excluding hydrogens is 476 g/mol. The van der Waals surface area contributed by atoms with Crippen molar-refractivity contribution in [1.29, 1.82) is 5.26 Å². The molecule has 1 N–H and O–H groups in total. The van der Waals surface area contributed by atoms with Crippen molar-refractivity contribution in [3.05, 3.63) is 73.6 Å². The number of nitriles is 1. The molecule has 0 aliphatic heterocycles. The number of rotatable bonds is 7. The summed E-state index contributed by atoms with van der Waals surface area (Å²) in [6.07, 6.45) is 1.51. The second-order valence-electron chi connectivity index (χ2n) is 6.88. The van der Waals surface area contributed by atoms with E-state index in [-0.39, 0.29) is 18.7 Å². The highest BCUT2D eigenvalue weighted by molar-refractivity contribution is 9.10. The van der Waals surface area contributed by atoms with E-state index in [1.54, 1.807) is 14.0 Å². The maximum Gasteiger partial charge on any atom is 0.269 e. The van der Waals surface area contributed by atoms with Crippen LogP contribution in [0.3, 0.4) is 0 Å². The summed E-state index contributed by atoms with van der Waals surface area (Å²) in [6, 6.07) is 13.4. The van der Waals surface area contributed by atoms with Crippen LogP contribution in [-0.4, -0.2) is 30.9 Å². The van der Waals surface area contributed by atoms with E-state index in [4.69, 9.17) is 9.47 Å². The van der Waals surface area contributed by atoms with Crippen molar-refractivity contribution >= 4 is 38.8 Å². The summed E-state index contributed by atoms with van der Waals surface area (Å²) in [5.41, 5.74) is 3.49. The maximum absolute atomic E-state index is 12.8. The van der Waals surface area contributed by atoms with Gasteiger partial charge in [-0.15, -0.1) is 0 Å². The van der Waals surface area contributed by atoms with Crippen molar-refractivity contribution in [1.82, 2.24) is 9.99 Å². The third-order valence-electron chi connectivity index (χ3n) is 4.98. The van der Waals surface area contributed by atoms with Gasteiger partial charge in [-0.05, 0) is 39.7 Å². The van der Waals surface area contributed by atoms with Crippen LogP contribution in [0, 0.1) is 18.3 Å². The summed E-state index contributed by atoms with van der Waals surface area (Å²) in [6.45, 7) is 1.49. The zero-order valence-corrected chi connectivity index (χ0v) is 19.4. The Hall–Kier alpha value is -3.48. The second kappa shape index (κ2) is 10.2. The van der Waals surface area contributed by atoms with Gasteiger partial charge in [-0.25, -0.2) is 5.43 Å². The largest absolute Gasteiger partial charge is 0.496 e. The van der Waals surface area contributed by atoms with E-state index in [1.165, 1.54) is 17.9 Å². The van der Waals surface area contributed by atoms with E-state index < -0.39 is 11.5 Å². The average Bonchev–Trinajstić information content (AvgIpc) is 2.80. The van der Waals surface area contributed by atoms with Crippen LogP contribution in [0.4, 0.5) is 0 Å². The monoisotopic (exact) mass is 496 g/mol. The van der Waals surface area contributed by atoms with Gasteiger partial charge in [0, 0.05) is 28.4 Å². The first-order valence-corrected chi connectivity index (χ1v) is 10.4. The Morgan fingerprint density at radius 2 is 2.03 bits per heavy atom. The minimum Gasteiger partial charge on any atom is -0.496 e. The molecule has 0 atom stereocenters. The van der Waals surface area contributed by atoms with E-state index in [0.717, 1.165) is 16.3 Å². The number of aromatic nitrogens is 1. The molecule has 0 fully saturated rings. The number of nitrogens with one attached hydrogen (secondary N) is 1. The van der Waals surface area contributed by atoms with Crippen LogP contribution in [0.15, 0.2) is 50.8 Å². The lowest BCUT2D eigenvalue weighted by molar-refractivity contribution is -0.121. The lowest BCUT2D eigenvalue weighted by Gasteiger charge is -2.15. The number of amides is 1. The van der Waals surface area contributed by atoms with Crippen molar-refractivity contribution in [3.8, 4) is 11.8 Å². The number of benzene rings is 2. The topological polar surface area (TPSA) is 106 Å². The summed E-state index contributed by atoms with van der Waals surface area (Å²) in [7, 11) is 3.04. The normalized spacial score (nSPS) is 11.0. The molecule has 0 spiro atoms. The number of carbonyl (C=O) groups excluding carboxylic acids is 1. The third kappa shape index (κ3) is 4.56. The number of carbonyl (C=O) groups is 1. The van der Waals surface area contributed by atoms with E-state index in [1.807, 2.05) is 42.5 Å². The first kappa shape index (κ1) is 23.2. The number of ether oxygens (including phenoxy) is 2. The van der Waals surface area contributed by atoms with Gasteiger partial charge >= 0.3 is 0 Å². The van der Waals surface area contributed by atoms with Crippen LogP contribution in [0.25, 0.3) is 10.8 Å². The summed E-state index contributed by atoms with van der Waals surface area (Å²) in [5.74, 6) is 0.103. The van der Waals surface area contributed by atoms with Crippen LogP contribution in [0.1, 0.15) is 22.4 Å². The van der Waals surface area contributed by atoms with Crippen molar-refractivity contribution in [2.45, 2.75) is 20.1 Å². The Morgan fingerprint density at radius 3 is 2.72 bits per heavy atom. The van der Waals surface area contributed by atoms with Gasteiger partial charge in [0.2, 0.25) is 0 Å². The third-order valence-corrected chi connectivity index (χ3v) is 6.04. The number of hydrazone groups is 1. The highest BCUT2D eigenvalue weighted by atomic mass is 79.9. The fourth-order valence-electron chi connectivity index (χ4n) is 3.38. The molecule has 8 nitrogen and oxygen atoms in total. The summed E-state index contributed by atoms with van der Waals surface area (Å²) in [4.78, 5) is 25.3. The minimum atomic E-state index is -0.560. The first-order chi connectivity index (χ1) is 15.4.